The van der Waals surface area contributed by atoms with Gasteiger partial charge >= 0.3 is 6.18 Å². The molecule has 1 saturated carbocycles. The number of anilines is 4. The summed E-state index contributed by atoms with van der Waals surface area (Å²) >= 11 is 0. The van der Waals surface area contributed by atoms with Crippen molar-refractivity contribution in [2.45, 2.75) is 64.1 Å². The van der Waals surface area contributed by atoms with E-state index in [9.17, 15) is 13.2 Å². The van der Waals surface area contributed by atoms with E-state index in [0.717, 1.165) is 30.4 Å². The van der Waals surface area contributed by atoms with Crippen molar-refractivity contribution >= 4 is 23.1 Å². The summed E-state index contributed by atoms with van der Waals surface area (Å²) in [5.74, 6) is 0.786. The molecule has 0 unspecified atom stereocenters. The highest BCUT2D eigenvalue weighted by Crippen LogP contribution is 2.36. The molecule has 0 saturated heterocycles. The lowest BCUT2D eigenvalue weighted by Gasteiger charge is -2.23. The van der Waals surface area contributed by atoms with E-state index < -0.39 is 11.7 Å². The number of nitrogens with zero attached hydrogens (tertiary/aromatic N) is 2. The highest BCUT2D eigenvalue weighted by molar-refractivity contribution is 5.63. The molecule has 1 aliphatic carbocycles. The normalized spacial score (nSPS) is 14.8. The number of rotatable bonds is 7. The van der Waals surface area contributed by atoms with Crippen molar-refractivity contribution in [1.82, 2.24) is 9.97 Å². The van der Waals surface area contributed by atoms with Crippen molar-refractivity contribution in [3.8, 4) is 5.75 Å². The van der Waals surface area contributed by atoms with Gasteiger partial charge in [-0.2, -0.15) is 18.2 Å². The Morgan fingerprint density at radius 2 is 1.68 bits per heavy atom. The molecule has 180 valence electrons. The van der Waals surface area contributed by atoms with Gasteiger partial charge in [0, 0.05) is 17.6 Å². The van der Waals surface area contributed by atoms with Crippen LogP contribution in [0, 0.1) is 0 Å². The summed E-state index contributed by atoms with van der Waals surface area (Å²) in [6.45, 7) is 4.05. The Morgan fingerprint density at radius 3 is 2.35 bits per heavy atom. The van der Waals surface area contributed by atoms with Crippen LogP contribution in [0.5, 0.6) is 5.75 Å². The Morgan fingerprint density at radius 1 is 0.941 bits per heavy atom. The molecule has 4 rings (SSSR count). The molecule has 1 fully saturated rings. The largest absolute Gasteiger partial charge is 0.490 e. The van der Waals surface area contributed by atoms with Gasteiger partial charge in [0.05, 0.1) is 6.10 Å². The summed E-state index contributed by atoms with van der Waals surface area (Å²) in [6.07, 6.45) is 2.22. The summed E-state index contributed by atoms with van der Waals surface area (Å²) in [6, 6.07) is 14.6. The van der Waals surface area contributed by atoms with Crippen molar-refractivity contribution < 1.29 is 17.9 Å². The quantitative estimate of drug-likeness (QED) is 0.369. The van der Waals surface area contributed by atoms with Crippen LogP contribution in [0.3, 0.4) is 0 Å². The maximum absolute atomic E-state index is 13.6. The molecule has 1 aliphatic rings. The highest BCUT2D eigenvalue weighted by atomic mass is 19.4. The van der Waals surface area contributed by atoms with Crippen LogP contribution in [0.15, 0.2) is 54.7 Å². The molecular formula is C26H29F3N4O. The topological polar surface area (TPSA) is 59.1 Å². The number of hydrogen-bond acceptors (Lipinski definition) is 5. The van der Waals surface area contributed by atoms with Gasteiger partial charge in [-0.05, 0) is 73.6 Å². The lowest BCUT2D eigenvalue weighted by atomic mass is 9.98. The van der Waals surface area contributed by atoms with Crippen LogP contribution >= 0.6 is 0 Å². The second-order valence-corrected chi connectivity index (χ2v) is 8.89. The predicted molar refractivity (Wildman–Crippen MR) is 128 cm³/mol. The maximum Gasteiger partial charge on any atom is 0.421 e. The van der Waals surface area contributed by atoms with Crippen LogP contribution in [-0.2, 0) is 6.18 Å². The number of benzene rings is 2. The Labute approximate surface area is 197 Å². The van der Waals surface area contributed by atoms with Gasteiger partial charge in [0.2, 0.25) is 5.95 Å². The van der Waals surface area contributed by atoms with Gasteiger partial charge in [-0.15, -0.1) is 0 Å². The van der Waals surface area contributed by atoms with Crippen LogP contribution in [0.25, 0.3) is 0 Å². The zero-order chi connectivity index (χ0) is 24.1. The van der Waals surface area contributed by atoms with Crippen LogP contribution in [0.1, 0.15) is 63.0 Å². The average Bonchev–Trinajstić information content (AvgIpc) is 2.81. The lowest BCUT2D eigenvalue weighted by molar-refractivity contribution is -0.137. The lowest BCUT2D eigenvalue weighted by Crippen LogP contribution is -2.19. The van der Waals surface area contributed by atoms with Crippen molar-refractivity contribution in [3.63, 3.8) is 0 Å². The minimum atomic E-state index is -4.59. The average molecular weight is 471 g/mol. The number of hydrogen-bond donors (Lipinski definition) is 2. The molecule has 3 aromatic rings. The summed E-state index contributed by atoms with van der Waals surface area (Å²) in [4.78, 5) is 8.03. The SMILES string of the molecule is CC(C)c1cccc(Nc2nc(Nc3ccc(OC4CCCCC4)cc3)ncc2C(F)(F)F)c1. The minimum Gasteiger partial charge on any atom is -0.490 e. The van der Waals surface area contributed by atoms with E-state index in [4.69, 9.17) is 4.74 Å². The summed E-state index contributed by atoms with van der Waals surface area (Å²) < 4.78 is 46.8. The van der Waals surface area contributed by atoms with Crippen molar-refractivity contribution in [2.75, 3.05) is 10.6 Å². The van der Waals surface area contributed by atoms with E-state index in [1.807, 2.05) is 44.2 Å². The van der Waals surface area contributed by atoms with Crippen LogP contribution in [0.2, 0.25) is 0 Å². The third-order valence-corrected chi connectivity index (χ3v) is 5.88. The van der Waals surface area contributed by atoms with Crippen molar-refractivity contribution in [3.05, 3.63) is 65.9 Å². The molecule has 8 heteroatoms. The molecule has 5 nitrogen and oxygen atoms in total. The van der Waals surface area contributed by atoms with Gasteiger partial charge in [0.1, 0.15) is 17.1 Å². The first-order valence-electron chi connectivity index (χ1n) is 11.6. The number of nitrogens with one attached hydrogen (secondary N) is 2. The summed E-state index contributed by atoms with van der Waals surface area (Å²) in [5.41, 5.74) is 1.28. The van der Waals surface area contributed by atoms with E-state index in [2.05, 4.69) is 20.6 Å². The number of halogens is 3. The molecular weight excluding hydrogens is 441 g/mol. The van der Waals surface area contributed by atoms with Gasteiger partial charge in [-0.1, -0.05) is 32.4 Å². The minimum absolute atomic E-state index is 0.0662. The monoisotopic (exact) mass is 470 g/mol. The molecule has 1 heterocycles. The molecule has 34 heavy (non-hydrogen) atoms. The second kappa shape index (κ2) is 10.3. The van der Waals surface area contributed by atoms with Gasteiger partial charge in [0.25, 0.3) is 0 Å². The smallest absolute Gasteiger partial charge is 0.421 e. The van der Waals surface area contributed by atoms with E-state index in [1.54, 1.807) is 18.2 Å². The van der Waals surface area contributed by atoms with Gasteiger partial charge < -0.3 is 15.4 Å². The predicted octanol–water partition coefficient (Wildman–Crippen LogP) is 7.82. The first-order chi connectivity index (χ1) is 16.3. The Hall–Kier alpha value is -3.29. The third-order valence-electron chi connectivity index (χ3n) is 5.88. The van der Waals surface area contributed by atoms with Gasteiger partial charge in [-0.25, -0.2) is 4.98 Å². The second-order valence-electron chi connectivity index (χ2n) is 8.89. The fraction of sp³-hybridized carbons (Fsp3) is 0.385. The Balaban J connectivity index is 1.51. The van der Waals surface area contributed by atoms with E-state index >= 15 is 0 Å². The Bertz CT molecular complexity index is 1090. The molecule has 0 spiro atoms. The van der Waals surface area contributed by atoms with E-state index in [0.29, 0.717) is 11.4 Å². The number of ether oxygens (including phenoxy) is 1. The molecule has 0 aliphatic heterocycles. The van der Waals surface area contributed by atoms with Gasteiger partial charge in [0.15, 0.2) is 0 Å². The van der Waals surface area contributed by atoms with Crippen LogP contribution in [-0.4, -0.2) is 16.1 Å². The maximum atomic E-state index is 13.6. The molecule has 2 N–H and O–H groups in total. The molecule has 0 atom stereocenters. The van der Waals surface area contributed by atoms with E-state index in [-0.39, 0.29) is 23.8 Å². The molecule has 1 aromatic heterocycles. The van der Waals surface area contributed by atoms with Gasteiger partial charge in [-0.3, -0.25) is 0 Å². The number of aromatic nitrogens is 2. The highest BCUT2D eigenvalue weighted by Gasteiger charge is 2.35. The molecule has 0 radical (unpaired) electrons. The molecule has 0 bridgehead atoms. The summed E-state index contributed by atoms with van der Waals surface area (Å²) in [5, 5.41) is 5.81. The fourth-order valence-electron chi connectivity index (χ4n) is 3.98. The zero-order valence-electron chi connectivity index (χ0n) is 19.3. The van der Waals surface area contributed by atoms with Crippen LogP contribution in [0.4, 0.5) is 36.3 Å². The fourth-order valence-corrected chi connectivity index (χ4v) is 3.98. The van der Waals surface area contributed by atoms with Crippen molar-refractivity contribution in [2.24, 2.45) is 0 Å². The first-order valence-corrected chi connectivity index (χ1v) is 11.6. The van der Waals surface area contributed by atoms with E-state index in [1.165, 1.54) is 19.3 Å². The Kier molecular flexibility index (Phi) is 7.24. The molecule has 0 amide bonds. The van der Waals surface area contributed by atoms with Crippen molar-refractivity contribution in [1.29, 1.82) is 0 Å². The zero-order valence-corrected chi connectivity index (χ0v) is 19.3. The number of alkyl halides is 3. The summed E-state index contributed by atoms with van der Waals surface area (Å²) in [7, 11) is 0. The third kappa shape index (κ3) is 6.18. The van der Waals surface area contributed by atoms with Crippen LogP contribution < -0.4 is 15.4 Å². The molecule has 2 aromatic carbocycles. The standard InChI is InChI=1S/C26H29F3N4O/c1-17(2)18-7-6-8-20(15-18)31-24-23(26(27,28)29)16-30-25(33-24)32-19-11-13-22(14-12-19)34-21-9-4-3-5-10-21/h6-8,11-17,21H,3-5,9-10H2,1-2H3,(H2,30,31,32,33). The first kappa shape index (κ1) is 23.9.